The van der Waals surface area contributed by atoms with Gasteiger partial charge in [0.05, 0.1) is 18.8 Å². The van der Waals surface area contributed by atoms with E-state index in [9.17, 15) is 9.13 Å². The Morgan fingerprint density at radius 2 is 1.57 bits per heavy atom. The minimum atomic E-state index is -3.96. The second kappa shape index (κ2) is 8.64. The van der Waals surface area contributed by atoms with Crippen LogP contribution in [0.1, 0.15) is 25.0 Å². The Morgan fingerprint density at radius 1 is 0.964 bits per heavy atom. The summed E-state index contributed by atoms with van der Waals surface area (Å²) in [6, 6.07) is 15.7. The van der Waals surface area contributed by atoms with Gasteiger partial charge in [-0.05, 0) is 31.5 Å². The molecule has 0 aromatic heterocycles. The second-order valence-corrected chi connectivity index (χ2v) is 9.27. The van der Waals surface area contributed by atoms with Gasteiger partial charge in [-0.15, -0.1) is 0 Å². The molecule has 0 aliphatic carbocycles. The minimum Gasteiger partial charge on any atom is -0.420 e. The zero-order valence-corrected chi connectivity index (χ0v) is 17.7. The lowest BCUT2D eigenvalue weighted by atomic mass is 10.1. The molecule has 0 amide bonds. The van der Waals surface area contributed by atoms with Crippen LogP contribution in [0.4, 0.5) is 0 Å². The molecule has 1 aliphatic rings. The number of hydrogen-bond donors (Lipinski definition) is 0. The highest BCUT2D eigenvalue weighted by molar-refractivity contribution is 7.66. The molecule has 0 saturated carbocycles. The van der Waals surface area contributed by atoms with Crippen molar-refractivity contribution in [2.75, 3.05) is 20.3 Å². The standard InChI is InChI=1S/C19H22O7P2/c1-4-23-28(21,24-5-2)26-18-16-13-9-10-14-17(16)25-27(20,22-3)19(18)15-11-7-6-8-12-15/h6-14H,4-5H2,1-3H3. The van der Waals surface area contributed by atoms with E-state index in [-0.39, 0.29) is 24.3 Å². The third-order valence-corrected chi connectivity index (χ3v) is 7.39. The van der Waals surface area contributed by atoms with Crippen LogP contribution < -0.4 is 4.52 Å². The Hall–Kier alpha value is -1.88. The number of phosphoric ester groups is 1. The van der Waals surface area contributed by atoms with Crippen LogP contribution in [0.25, 0.3) is 11.1 Å². The molecule has 0 N–H and O–H groups in total. The summed E-state index contributed by atoms with van der Waals surface area (Å²) in [6.07, 6.45) is 0. The van der Waals surface area contributed by atoms with Gasteiger partial charge in [0.2, 0.25) is 0 Å². The highest BCUT2D eigenvalue weighted by atomic mass is 31.2. The molecule has 0 saturated heterocycles. The van der Waals surface area contributed by atoms with E-state index >= 15 is 0 Å². The zero-order chi connectivity index (χ0) is 20.2. The van der Waals surface area contributed by atoms with E-state index in [0.29, 0.717) is 16.9 Å². The summed E-state index contributed by atoms with van der Waals surface area (Å²) in [5.74, 6) is 0.380. The fourth-order valence-corrected chi connectivity index (χ4v) is 5.73. The molecule has 1 aliphatic heterocycles. The highest BCUT2D eigenvalue weighted by Crippen LogP contribution is 2.68. The Kier molecular flexibility index (Phi) is 6.43. The van der Waals surface area contributed by atoms with Gasteiger partial charge in [-0.1, -0.05) is 42.5 Å². The maximum atomic E-state index is 13.6. The van der Waals surface area contributed by atoms with Crippen molar-refractivity contribution in [3.63, 3.8) is 0 Å². The van der Waals surface area contributed by atoms with E-state index in [1.165, 1.54) is 7.11 Å². The van der Waals surface area contributed by atoms with E-state index in [2.05, 4.69) is 0 Å². The maximum absolute atomic E-state index is 13.6. The molecule has 28 heavy (non-hydrogen) atoms. The summed E-state index contributed by atoms with van der Waals surface area (Å²) in [5.41, 5.74) is 1.03. The Balaban J connectivity index is 2.28. The Bertz CT molecular complexity index is 946. The van der Waals surface area contributed by atoms with Gasteiger partial charge in [0, 0.05) is 7.11 Å². The number of phosphoric acid groups is 1. The third kappa shape index (κ3) is 4.09. The second-order valence-electron chi connectivity index (χ2n) is 5.69. The predicted octanol–water partition coefficient (Wildman–Crippen LogP) is 5.94. The van der Waals surface area contributed by atoms with E-state index in [4.69, 9.17) is 22.6 Å². The lowest BCUT2D eigenvalue weighted by Gasteiger charge is -2.30. The normalized spacial score (nSPS) is 19.1. The lowest BCUT2D eigenvalue weighted by Crippen LogP contribution is -2.11. The first-order chi connectivity index (χ1) is 13.5. The molecule has 0 spiro atoms. The molecule has 3 rings (SSSR count). The first kappa shape index (κ1) is 20.8. The summed E-state index contributed by atoms with van der Waals surface area (Å²) >= 11 is 0. The molecule has 7 nitrogen and oxygen atoms in total. The summed E-state index contributed by atoms with van der Waals surface area (Å²) in [4.78, 5) is 0. The average Bonchev–Trinajstić information content (AvgIpc) is 2.69. The van der Waals surface area contributed by atoms with Crippen LogP contribution in [0.3, 0.4) is 0 Å². The van der Waals surface area contributed by atoms with Gasteiger partial charge in [-0.2, -0.15) is 0 Å². The smallest absolute Gasteiger partial charge is 0.420 e. The maximum Gasteiger partial charge on any atom is 0.530 e. The predicted molar refractivity (Wildman–Crippen MR) is 107 cm³/mol. The van der Waals surface area contributed by atoms with Crippen LogP contribution in [0, 0.1) is 0 Å². The van der Waals surface area contributed by atoms with E-state index in [1.54, 1.807) is 62.4 Å². The van der Waals surface area contributed by atoms with Crippen LogP contribution >= 0.6 is 15.4 Å². The molecule has 1 atom stereocenters. The highest BCUT2D eigenvalue weighted by Gasteiger charge is 2.44. The molecular formula is C19H22O7P2. The van der Waals surface area contributed by atoms with Crippen molar-refractivity contribution < 1.29 is 31.7 Å². The van der Waals surface area contributed by atoms with Crippen molar-refractivity contribution in [3.05, 3.63) is 65.7 Å². The van der Waals surface area contributed by atoms with Crippen molar-refractivity contribution in [3.8, 4) is 5.75 Å². The molecule has 2 aromatic carbocycles. The Morgan fingerprint density at radius 3 is 2.18 bits per heavy atom. The van der Waals surface area contributed by atoms with Gasteiger partial charge >= 0.3 is 15.4 Å². The van der Waals surface area contributed by atoms with E-state index in [1.807, 2.05) is 6.07 Å². The molecule has 2 aromatic rings. The average molecular weight is 424 g/mol. The molecule has 0 radical (unpaired) electrons. The molecule has 9 heteroatoms. The summed E-state index contributed by atoms with van der Waals surface area (Å²) in [7, 11) is -6.48. The van der Waals surface area contributed by atoms with Crippen molar-refractivity contribution in [2.45, 2.75) is 13.8 Å². The van der Waals surface area contributed by atoms with Gasteiger partial charge in [-0.3, -0.25) is 13.6 Å². The SMILES string of the molecule is CCOP(=O)(OCC)OC1=C(c2ccccc2)P(=O)(OC)Oc2ccccc21. The molecule has 150 valence electrons. The zero-order valence-electron chi connectivity index (χ0n) is 15.9. The molecule has 1 heterocycles. The van der Waals surface area contributed by atoms with Crippen molar-refractivity contribution in [2.24, 2.45) is 0 Å². The first-order valence-corrected chi connectivity index (χ1v) is 11.8. The van der Waals surface area contributed by atoms with Gasteiger partial charge in [0.25, 0.3) is 0 Å². The van der Waals surface area contributed by atoms with E-state index in [0.717, 1.165) is 0 Å². The van der Waals surface area contributed by atoms with Crippen LogP contribution in [0.5, 0.6) is 5.75 Å². The summed E-state index contributed by atoms with van der Waals surface area (Å²) < 4.78 is 54.0. The van der Waals surface area contributed by atoms with Gasteiger partial charge in [-0.25, -0.2) is 9.13 Å². The fourth-order valence-electron chi connectivity index (χ4n) is 2.79. The van der Waals surface area contributed by atoms with Crippen molar-refractivity contribution >= 4 is 26.5 Å². The lowest BCUT2D eigenvalue weighted by molar-refractivity contribution is 0.159. The number of para-hydroxylation sites is 1. The summed E-state index contributed by atoms with van der Waals surface area (Å²) in [5, 5.41) is 0.161. The van der Waals surface area contributed by atoms with Gasteiger partial charge < -0.3 is 9.05 Å². The first-order valence-electron chi connectivity index (χ1n) is 8.80. The number of hydrogen-bond acceptors (Lipinski definition) is 7. The monoisotopic (exact) mass is 424 g/mol. The van der Waals surface area contributed by atoms with Gasteiger partial charge in [0.15, 0.2) is 5.76 Å². The van der Waals surface area contributed by atoms with E-state index < -0.39 is 15.4 Å². The molecular weight excluding hydrogens is 402 g/mol. The quantitative estimate of drug-likeness (QED) is 0.485. The van der Waals surface area contributed by atoms with Crippen molar-refractivity contribution in [1.82, 2.24) is 0 Å². The Labute approximate surface area is 164 Å². The van der Waals surface area contributed by atoms with Crippen LogP contribution in [-0.2, 0) is 27.2 Å². The number of fused-ring (bicyclic) bond motifs is 1. The van der Waals surface area contributed by atoms with Gasteiger partial charge in [0.1, 0.15) is 11.1 Å². The minimum absolute atomic E-state index is 0.0865. The number of benzene rings is 2. The largest absolute Gasteiger partial charge is 0.530 e. The third-order valence-electron chi connectivity index (χ3n) is 3.90. The fraction of sp³-hybridized carbons (Fsp3) is 0.263. The molecule has 0 fully saturated rings. The van der Waals surface area contributed by atoms with Crippen LogP contribution in [-0.4, -0.2) is 20.3 Å². The van der Waals surface area contributed by atoms with Crippen molar-refractivity contribution in [1.29, 1.82) is 0 Å². The van der Waals surface area contributed by atoms with Crippen LogP contribution in [0.15, 0.2) is 54.6 Å². The topological polar surface area (TPSA) is 80.3 Å². The van der Waals surface area contributed by atoms with Crippen LogP contribution in [0.2, 0.25) is 0 Å². The molecule has 1 unspecified atom stereocenters. The molecule has 0 bridgehead atoms. The summed E-state index contributed by atoms with van der Waals surface area (Å²) in [6.45, 7) is 3.59. The number of rotatable bonds is 8.